The van der Waals surface area contributed by atoms with Crippen molar-refractivity contribution in [1.29, 1.82) is 0 Å². The quantitative estimate of drug-likeness (QED) is 0.495. The van der Waals surface area contributed by atoms with Gasteiger partial charge in [-0.1, -0.05) is 12.1 Å². The second kappa shape index (κ2) is 9.08. The smallest absolute Gasteiger partial charge is 0.251 e. The van der Waals surface area contributed by atoms with Crippen LogP contribution in [-0.2, 0) is 6.54 Å². The molecule has 3 heterocycles. The number of methoxy groups -OCH3 is 1. The lowest BCUT2D eigenvalue weighted by Gasteiger charge is -2.13. The minimum absolute atomic E-state index is 0.189. The van der Waals surface area contributed by atoms with Gasteiger partial charge in [0.05, 0.1) is 7.11 Å². The number of benzene rings is 1. The molecule has 3 aromatic heterocycles. The molecule has 1 N–H and O–H groups in total. The molecule has 4 rings (SSSR count). The maximum absolute atomic E-state index is 12.7. The van der Waals surface area contributed by atoms with E-state index in [1.165, 1.54) is 0 Å². The summed E-state index contributed by atoms with van der Waals surface area (Å²) in [7, 11) is 1.56. The minimum Gasteiger partial charge on any atom is -0.481 e. The van der Waals surface area contributed by atoms with Gasteiger partial charge < -0.3 is 14.8 Å². The maximum Gasteiger partial charge on any atom is 0.251 e. The molecule has 0 unspecified atom stereocenters. The van der Waals surface area contributed by atoms with Gasteiger partial charge >= 0.3 is 0 Å². The number of aromatic nitrogens is 4. The molecule has 0 aliphatic rings. The van der Waals surface area contributed by atoms with Crippen LogP contribution in [0, 0.1) is 6.92 Å². The van der Waals surface area contributed by atoms with Gasteiger partial charge in [0.1, 0.15) is 11.5 Å². The lowest BCUT2D eigenvalue weighted by atomic mass is 10.1. The molecule has 1 aromatic carbocycles. The molecule has 1 amide bonds. The number of hydrogen-bond donors (Lipinski definition) is 1. The molecule has 156 valence electrons. The first-order chi connectivity index (χ1) is 15.1. The van der Waals surface area contributed by atoms with Gasteiger partial charge in [0.15, 0.2) is 5.82 Å². The molecular formula is C23H21N5O3. The summed E-state index contributed by atoms with van der Waals surface area (Å²) in [6.45, 7) is 2.22. The summed E-state index contributed by atoms with van der Waals surface area (Å²) in [6.07, 6.45) is 6.82. The van der Waals surface area contributed by atoms with E-state index in [0.29, 0.717) is 35.3 Å². The molecule has 8 nitrogen and oxygen atoms in total. The average molecular weight is 415 g/mol. The van der Waals surface area contributed by atoms with Crippen LogP contribution in [0.25, 0.3) is 5.82 Å². The summed E-state index contributed by atoms with van der Waals surface area (Å²) >= 11 is 0. The number of rotatable bonds is 7. The molecule has 4 aromatic rings. The molecule has 0 radical (unpaired) electrons. The first-order valence-corrected chi connectivity index (χ1v) is 9.64. The van der Waals surface area contributed by atoms with Crippen LogP contribution in [0.5, 0.6) is 17.4 Å². The van der Waals surface area contributed by atoms with E-state index in [4.69, 9.17) is 9.47 Å². The van der Waals surface area contributed by atoms with Gasteiger partial charge in [-0.15, -0.1) is 0 Å². The van der Waals surface area contributed by atoms with Crippen molar-refractivity contribution in [2.24, 2.45) is 0 Å². The predicted molar refractivity (Wildman–Crippen MR) is 115 cm³/mol. The van der Waals surface area contributed by atoms with Crippen LogP contribution in [0.2, 0.25) is 0 Å². The number of nitrogens with one attached hydrogen (secondary N) is 1. The Balaban J connectivity index is 1.47. The van der Waals surface area contributed by atoms with E-state index >= 15 is 0 Å². The van der Waals surface area contributed by atoms with Crippen LogP contribution in [0.3, 0.4) is 0 Å². The van der Waals surface area contributed by atoms with Gasteiger partial charge in [0, 0.05) is 54.6 Å². The number of pyridine rings is 2. The lowest BCUT2D eigenvalue weighted by Crippen LogP contribution is -2.23. The van der Waals surface area contributed by atoms with Crippen molar-refractivity contribution < 1.29 is 14.3 Å². The van der Waals surface area contributed by atoms with Crippen LogP contribution in [0.4, 0.5) is 0 Å². The van der Waals surface area contributed by atoms with Crippen LogP contribution in [0.15, 0.2) is 73.3 Å². The fraction of sp³-hybridized carbons (Fsp3) is 0.130. The number of hydrogen-bond acceptors (Lipinski definition) is 6. The Morgan fingerprint density at radius 3 is 2.74 bits per heavy atom. The first-order valence-electron chi connectivity index (χ1n) is 9.64. The lowest BCUT2D eigenvalue weighted by molar-refractivity contribution is 0.0950. The van der Waals surface area contributed by atoms with Crippen molar-refractivity contribution in [3.8, 4) is 23.2 Å². The molecule has 0 aliphatic carbocycles. The van der Waals surface area contributed by atoms with E-state index in [1.54, 1.807) is 66.9 Å². The van der Waals surface area contributed by atoms with Gasteiger partial charge in [0.25, 0.3) is 5.91 Å². The van der Waals surface area contributed by atoms with Crippen molar-refractivity contribution in [1.82, 2.24) is 25.1 Å². The van der Waals surface area contributed by atoms with Crippen molar-refractivity contribution in [2.45, 2.75) is 13.5 Å². The molecule has 0 fully saturated rings. The number of carbonyl (C=O) groups excluding carboxylic acids is 1. The highest BCUT2D eigenvalue weighted by molar-refractivity contribution is 5.96. The van der Waals surface area contributed by atoms with Crippen molar-refractivity contribution >= 4 is 5.91 Å². The van der Waals surface area contributed by atoms with E-state index < -0.39 is 0 Å². The zero-order valence-corrected chi connectivity index (χ0v) is 17.1. The van der Waals surface area contributed by atoms with E-state index in [2.05, 4.69) is 20.4 Å². The second-order valence-electron chi connectivity index (χ2n) is 6.72. The SMILES string of the molecule is COc1ccc(CNC(=O)c2cccc(Oc3ccnc(-n4cccn4)c3)c2C)cn1. The monoisotopic (exact) mass is 415 g/mol. The molecular weight excluding hydrogens is 394 g/mol. The Morgan fingerprint density at radius 1 is 1.10 bits per heavy atom. The third kappa shape index (κ3) is 4.69. The largest absolute Gasteiger partial charge is 0.481 e. The number of amides is 1. The van der Waals surface area contributed by atoms with Crippen LogP contribution in [-0.4, -0.2) is 32.8 Å². The van der Waals surface area contributed by atoms with E-state index in [1.807, 2.05) is 25.1 Å². The molecule has 0 bridgehead atoms. The summed E-state index contributed by atoms with van der Waals surface area (Å²) < 4.78 is 12.7. The molecule has 0 saturated heterocycles. The molecule has 0 spiro atoms. The normalized spacial score (nSPS) is 10.5. The van der Waals surface area contributed by atoms with Crippen molar-refractivity contribution in [2.75, 3.05) is 7.11 Å². The molecule has 0 aliphatic heterocycles. The van der Waals surface area contributed by atoms with E-state index in [0.717, 1.165) is 11.1 Å². The Morgan fingerprint density at radius 2 is 2.00 bits per heavy atom. The zero-order chi connectivity index (χ0) is 21.6. The van der Waals surface area contributed by atoms with Gasteiger partial charge in [-0.2, -0.15) is 5.10 Å². The Kier molecular flexibility index (Phi) is 5.89. The molecule has 8 heteroatoms. The fourth-order valence-electron chi connectivity index (χ4n) is 3.00. The second-order valence-corrected chi connectivity index (χ2v) is 6.72. The topological polar surface area (TPSA) is 91.2 Å². The molecule has 31 heavy (non-hydrogen) atoms. The summed E-state index contributed by atoms with van der Waals surface area (Å²) in [6, 6.07) is 14.4. The third-order valence-electron chi connectivity index (χ3n) is 4.67. The number of ether oxygens (including phenoxy) is 2. The highest BCUT2D eigenvalue weighted by Crippen LogP contribution is 2.28. The molecule has 0 atom stereocenters. The van der Waals surface area contributed by atoms with Gasteiger partial charge in [-0.25, -0.2) is 14.6 Å². The summed E-state index contributed by atoms with van der Waals surface area (Å²) in [5, 5.41) is 7.09. The number of carbonyl (C=O) groups is 1. The highest BCUT2D eigenvalue weighted by Gasteiger charge is 2.13. The van der Waals surface area contributed by atoms with Crippen LogP contribution >= 0.6 is 0 Å². The zero-order valence-electron chi connectivity index (χ0n) is 17.1. The Hall–Kier alpha value is -4.20. The standard InChI is InChI=1S/C23H21N5O3/c1-16-19(23(29)26-15-17-7-8-22(30-2)25-14-17)5-3-6-20(16)31-18-9-11-24-21(13-18)28-12-4-10-27-28/h3-14H,15H2,1-2H3,(H,26,29). The Bertz CT molecular complexity index is 1170. The Labute approximate surface area is 179 Å². The summed E-state index contributed by atoms with van der Waals surface area (Å²) in [5.41, 5.74) is 2.16. The fourth-order valence-corrected chi connectivity index (χ4v) is 3.00. The predicted octanol–water partition coefficient (Wildman–Crippen LogP) is 3.70. The van der Waals surface area contributed by atoms with Gasteiger partial charge in [-0.3, -0.25) is 4.79 Å². The first kappa shape index (κ1) is 20.1. The number of nitrogens with zero attached hydrogens (tertiary/aromatic N) is 4. The van der Waals surface area contributed by atoms with Crippen molar-refractivity contribution in [3.63, 3.8) is 0 Å². The average Bonchev–Trinajstić information content (AvgIpc) is 3.34. The van der Waals surface area contributed by atoms with E-state index in [9.17, 15) is 4.79 Å². The van der Waals surface area contributed by atoms with Gasteiger partial charge in [0.2, 0.25) is 5.88 Å². The molecule has 0 saturated carbocycles. The summed E-state index contributed by atoms with van der Waals surface area (Å²) in [4.78, 5) is 21.2. The summed E-state index contributed by atoms with van der Waals surface area (Å²) in [5.74, 6) is 2.18. The minimum atomic E-state index is -0.189. The van der Waals surface area contributed by atoms with Gasteiger partial charge in [-0.05, 0) is 36.8 Å². The van der Waals surface area contributed by atoms with Crippen molar-refractivity contribution in [3.05, 3.63) is 90.0 Å². The third-order valence-corrected chi connectivity index (χ3v) is 4.67. The maximum atomic E-state index is 12.7. The van der Waals surface area contributed by atoms with E-state index in [-0.39, 0.29) is 5.91 Å². The van der Waals surface area contributed by atoms with Crippen LogP contribution < -0.4 is 14.8 Å². The van der Waals surface area contributed by atoms with Crippen LogP contribution in [0.1, 0.15) is 21.5 Å². The highest BCUT2D eigenvalue weighted by atomic mass is 16.5.